The van der Waals surface area contributed by atoms with E-state index in [9.17, 15) is 19.2 Å². The second-order valence-corrected chi connectivity index (χ2v) is 8.40. The Kier molecular flexibility index (Phi) is 8.68. The van der Waals surface area contributed by atoms with Gasteiger partial charge in [0.05, 0.1) is 30.4 Å². The van der Waals surface area contributed by atoms with Gasteiger partial charge in [0.25, 0.3) is 5.91 Å². The van der Waals surface area contributed by atoms with E-state index in [1.807, 2.05) is 24.3 Å². The Morgan fingerprint density at radius 2 is 1.54 bits per heavy atom. The number of fused-ring (bicyclic) bond motifs is 1. The smallest absolute Gasteiger partial charge is 0.337 e. The van der Waals surface area contributed by atoms with Crippen molar-refractivity contribution in [2.45, 2.75) is 53.0 Å². The number of carbonyl (C=O) groups excluding carboxylic acids is 4. The highest BCUT2D eigenvalue weighted by Crippen LogP contribution is 2.33. The summed E-state index contributed by atoms with van der Waals surface area (Å²) in [5, 5.41) is 5.87. The van der Waals surface area contributed by atoms with E-state index in [1.165, 1.54) is 5.56 Å². The lowest BCUT2D eigenvalue weighted by Gasteiger charge is -2.29. The Balaban J connectivity index is 1.77. The summed E-state index contributed by atoms with van der Waals surface area (Å²) in [5.41, 5.74) is 2.87. The number of rotatable bonds is 8. The normalized spacial score (nSPS) is 17.8. The number of amides is 1. The molecule has 0 saturated heterocycles. The van der Waals surface area contributed by atoms with Crippen LogP contribution < -0.4 is 10.6 Å². The first-order valence-electron chi connectivity index (χ1n) is 11.8. The SMILES string of the molecule is CCOC(=O)C1=C(C)NC(C)=C(C(=O)OCC)C1C(=O)OCC(=O)N[C@H]1CCCc2ccccc21. The third kappa shape index (κ3) is 5.90. The molecule has 0 spiro atoms. The highest BCUT2D eigenvalue weighted by atomic mass is 16.5. The Hall–Kier alpha value is -3.62. The molecule has 0 bridgehead atoms. The predicted molar refractivity (Wildman–Crippen MR) is 127 cm³/mol. The molecule has 2 aliphatic rings. The molecule has 3 rings (SSSR count). The largest absolute Gasteiger partial charge is 0.463 e. The first-order valence-corrected chi connectivity index (χ1v) is 11.8. The minimum Gasteiger partial charge on any atom is -0.463 e. The Morgan fingerprint density at radius 3 is 2.14 bits per heavy atom. The zero-order chi connectivity index (χ0) is 25.5. The molecule has 9 nitrogen and oxygen atoms in total. The van der Waals surface area contributed by atoms with Crippen LogP contribution >= 0.6 is 0 Å². The van der Waals surface area contributed by atoms with Crippen molar-refractivity contribution >= 4 is 23.8 Å². The molecule has 1 aliphatic heterocycles. The van der Waals surface area contributed by atoms with E-state index >= 15 is 0 Å². The highest BCUT2D eigenvalue weighted by molar-refractivity contribution is 6.05. The molecule has 1 atom stereocenters. The monoisotopic (exact) mass is 484 g/mol. The van der Waals surface area contributed by atoms with Crippen LogP contribution in [0.4, 0.5) is 0 Å². The zero-order valence-electron chi connectivity index (χ0n) is 20.6. The fourth-order valence-electron chi connectivity index (χ4n) is 4.55. The summed E-state index contributed by atoms with van der Waals surface area (Å²) >= 11 is 0. The molecule has 35 heavy (non-hydrogen) atoms. The third-order valence-corrected chi connectivity index (χ3v) is 6.04. The van der Waals surface area contributed by atoms with Crippen LogP contribution in [0.3, 0.4) is 0 Å². The summed E-state index contributed by atoms with van der Waals surface area (Å²) in [5.74, 6) is -4.26. The van der Waals surface area contributed by atoms with Crippen molar-refractivity contribution in [2.24, 2.45) is 5.92 Å². The minimum atomic E-state index is -1.38. The van der Waals surface area contributed by atoms with Crippen LogP contribution in [0.15, 0.2) is 46.8 Å². The number of ether oxygens (including phenoxy) is 3. The lowest BCUT2D eigenvalue weighted by molar-refractivity contribution is -0.154. The maximum absolute atomic E-state index is 13.2. The molecule has 1 heterocycles. The number of dihydropyridines is 1. The first-order chi connectivity index (χ1) is 16.8. The maximum Gasteiger partial charge on any atom is 0.337 e. The second kappa shape index (κ2) is 11.7. The van der Waals surface area contributed by atoms with Gasteiger partial charge in [-0.2, -0.15) is 0 Å². The van der Waals surface area contributed by atoms with Gasteiger partial charge in [0.2, 0.25) is 0 Å². The lowest BCUT2D eigenvalue weighted by Crippen LogP contribution is -2.40. The number of aryl methyl sites for hydroxylation is 1. The van der Waals surface area contributed by atoms with Gasteiger partial charge in [-0.15, -0.1) is 0 Å². The molecule has 0 aromatic heterocycles. The molecule has 2 N–H and O–H groups in total. The van der Waals surface area contributed by atoms with Gasteiger partial charge in [-0.25, -0.2) is 9.59 Å². The van der Waals surface area contributed by atoms with Crippen LogP contribution in [0.1, 0.15) is 57.7 Å². The first kappa shape index (κ1) is 26.0. The Morgan fingerprint density at radius 1 is 0.943 bits per heavy atom. The van der Waals surface area contributed by atoms with Gasteiger partial charge in [0.1, 0.15) is 5.92 Å². The van der Waals surface area contributed by atoms with Crippen LogP contribution in [0.25, 0.3) is 0 Å². The number of allylic oxidation sites excluding steroid dienone is 2. The van der Waals surface area contributed by atoms with Crippen molar-refractivity contribution in [2.75, 3.05) is 19.8 Å². The molecule has 0 saturated carbocycles. The molecular weight excluding hydrogens is 452 g/mol. The van der Waals surface area contributed by atoms with Crippen molar-refractivity contribution in [1.82, 2.24) is 10.6 Å². The van der Waals surface area contributed by atoms with Crippen molar-refractivity contribution in [3.05, 3.63) is 57.9 Å². The van der Waals surface area contributed by atoms with Gasteiger partial charge in [-0.05, 0) is 58.1 Å². The Bertz CT molecular complexity index is 1030. The van der Waals surface area contributed by atoms with Crippen LogP contribution in [-0.2, 0) is 39.8 Å². The van der Waals surface area contributed by atoms with Gasteiger partial charge in [0.15, 0.2) is 6.61 Å². The quantitative estimate of drug-likeness (QED) is 0.427. The predicted octanol–water partition coefficient (Wildman–Crippen LogP) is 2.62. The molecule has 0 fully saturated rings. The molecular formula is C26H32N2O7. The summed E-state index contributed by atoms with van der Waals surface area (Å²) in [6, 6.07) is 7.76. The standard InChI is InChI=1S/C26H32N2O7/c1-5-33-24(30)21-15(3)27-16(4)22(25(31)34-6-2)23(21)26(32)35-14-20(29)28-19-13-9-11-17-10-7-8-12-18(17)19/h7-8,10,12,19,23,27H,5-6,9,11,13-14H2,1-4H3,(H,28,29)/t19-/m0/s1. The van der Waals surface area contributed by atoms with Crippen LogP contribution in [0, 0.1) is 5.92 Å². The summed E-state index contributed by atoms with van der Waals surface area (Å²) in [6.45, 7) is 6.10. The van der Waals surface area contributed by atoms with Crippen LogP contribution in [0.5, 0.6) is 0 Å². The fourth-order valence-corrected chi connectivity index (χ4v) is 4.55. The highest BCUT2D eigenvalue weighted by Gasteiger charge is 2.42. The molecule has 0 unspecified atom stereocenters. The second-order valence-electron chi connectivity index (χ2n) is 8.40. The lowest BCUT2D eigenvalue weighted by atomic mass is 9.85. The molecule has 0 radical (unpaired) electrons. The maximum atomic E-state index is 13.2. The van der Waals surface area contributed by atoms with E-state index in [2.05, 4.69) is 10.6 Å². The van der Waals surface area contributed by atoms with E-state index in [1.54, 1.807) is 27.7 Å². The van der Waals surface area contributed by atoms with Gasteiger partial charge in [-0.3, -0.25) is 9.59 Å². The molecule has 1 aromatic carbocycles. The molecule has 1 aromatic rings. The summed E-state index contributed by atoms with van der Waals surface area (Å²) < 4.78 is 15.6. The van der Waals surface area contributed by atoms with Gasteiger partial charge in [0, 0.05) is 11.4 Å². The van der Waals surface area contributed by atoms with Crippen LogP contribution in [-0.4, -0.2) is 43.6 Å². The molecule has 188 valence electrons. The van der Waals surface area contributed by atoms with E-state index in [4.69, 9.17) is 14.2 Å². The fraction of sp³-hybridized carbons (Fsp3) is 0.462. The van der Waals surface area contributed by atoms with Gasteiger partial charge in [-0.1, -0.05) is 24.3 Å². The van der Waals surface area contributed by atoms with E-state index in [-0.39, 0.29) is 30.4 Å². The zero-order valence-corrected chi connectivity index (χ0v) is 20.6. The summed E-state index contributed by atoms with van der Waals surface area (Å²) in [4.78, 5) is 51.3. The number of hydrogen-bond acceptors (Lipinski definition) is 8. The topological polar surface area (TPSA) is 120 Å². The number of nitrogens with one attached hydrogen (secondary N) is 2. The number of hydrogen-bond donors (Lipinski definition) is 2. The number of carbonyl (C=O) groups is 4. The third-order valence-electron chi connectivity index (χ3n) is 6.04. The minimum absolute atomic E-state index is 0.0490. The van der Waals surface area contributed by atoms with Crippen molar-refractivity contribution in [3.63, 3.8) is 0 Å². The Labute approximate surface area is 204 Å². The number of benzene rings is 1. The average Bonchev–Trinajstić information content (AvgIpc) is 2.82. The van der Waals surface area contributed by atoms with E-state index in [0.29, 0.717) is 11.4 Å². The van der Waals surface area contributed by atoms with Crippen molar-refractivity contribution in [3.8, 4) is 0 Å². The van der Waals surface area contributed by atoms with Crippen molar-refractivity contribution < 1.29 is 33.4 Å². The molecule has 1 amide bonds. The van der Waals surface area contributed by atoms with Gasteiger partial charge >= 0.3 is 17.9 Å². The molecule has 9 heteroatoms. The van der Waals surface area contributed by atoms with E-state index < -0.39 is 36.3 Å². The average molecular weight is 485 g/mol. The van der Waals surface area contributed by atoms with Gasteiger partial charge < -0.3 is 24.8 Å². The van der Waals surface area contributed by atoms with Crippen molar-refractivity contribution in [1.29, 1.82) is 0 Å². The number of esters is 3. The van der Waals surface area contributed by atoms with E-state index in [0.717, 1.165) is 24.8 Å². The summed E-state index contributed by atoms with van der Waals surface area (Å²) in [6.07, 6.45) is 2.68. The molecule has 1 aliphatic carbocycles. The van der Waals surface area contributed by atoms with Crippen LogP contribution in [0.2, 0.25) is 0 Å². The summed E-state index contributed by atoms with van der Waals surface area (Å²) in [7, 11) is 0.